The molecule has 1 saturated heterocycles. The Morgan fingerprint density at radius 1 is 1.25 bits per heavy atom. The number of carbonyl (C=O) groups excluding carboxylic acids is 1. The lowest BCUT2D eigenvalue weighted by Crippen LogP contribution is -2.48. The number of carboxylic acids is 1. The highest BCUT2D eigenvalue weighted by Crippen LogP contribution is 2.31. The Morgan fingerprint density at radius 3 is 2.60 bits per heavy atom. The average molecular weight is 281 g/mol. The third-order valence-electron chi connectivity index (χ3n) is 5.04. The molecule has 1 amide bonds. The van der Waals surface area contributed by atoms with Crippen molar-refractivity contribution >= 4 is 11.9 Å². The van der Waals surface area contributed by atoms with E-state index in [9.17, 15) is 14.7 Å². The van der Waals surface area contributed by atoms with E-state index in [4.69, 9.17) is 0 Å². The maximum Gasteiger partial charge on any atom is 0.311 e. The van der Waals surface area contributed by atoms with Crippen molar-refractivity contribution in [3.8, 4) is 0 Å². The molecule has 20 heavy (non-hydrogen) atoms. The van der Waals surface area contributed by atoms with Gasteiger partial charge in [-0.1, -0.05) is 25.7 Å². The summed E-state index contributed by atoms with van der Waals surface area (Å²) in [7, 11) is 0. The van der Waals surface area contributed by atoms with Crippen molar-refractivity contribution in [2.24, 2.45) is 11.3 Å². The lowest BCUT2D eigenvalue weighted by atomic mass is 9.82. The lowest BCUT2D eigenvalue weighted by Gasteiger charge is -2.37. The number of carboxylic acid groups (broad SMARTS) is 1. The van der Waals surface area contributed by atoms with Crippen LogP contribution in [-0.2, 0) is 9.59 Å². The molecule has 1 heterocycles. The van der Waals surface area contributed by atoms with Gasteiger partial charge < -0.3 is 10.0 Å². The molecule has 0 radical (unpaired) electrons. The zero-order valence-electron chi connectivity index (χ0n) is 12.6. The average Bonchev–Trinajstić information content (AvgIpc) is 2.91. The van der Waals surface area contributed by atoms with E-state index in [1.165, 1.54) is 25.7 Å². The highest BCUT2D eigenvalue weighted by Gasteiger charge is 2.39. The lowest BCUT2D eigenvalue weighted by molar-refractivity contribution is -0.153. The van der Waals surface area contributed by atoms with E-state index in [-0.39, 0.29) is 5.91 Å². The summed E-state index contributed by atoms with van der Waals surface area (Å²) in [6.45, 7) is 2.86. The SMILES string of the molecule is CC1(C(=O)O)CCCN(C(=O)CCCC2CCCC2)C1. The number of likely N-dealkylation sites (tertiary alicyclic amines) is 1. The van der Waals surface area contributed by atoms with Gasteiger partial charge in [-0.15, -0.1) is 0 Å². The summed E-state index contributed by atoms with van der Waals surface area (Å²) in [4.78, 5) is 25.3. The summed E-state index contributed by atoms with van der Waals surface area (Å²) < 4.78 is 0. The number of rotatable bonds is 5. The minimum atomic E-state index is -0.777. The third-order valence-corrected chi connectivity index (χ3v) is 5.04. The number of carbonyl (C=O) groups is 2. The molecule has 1 N–H and O–H groups in total. The zero-order valence-corrected chi connectivity index (χ0v) is 12.6. The summed E-state index contributed by atoms with van der Waals surface area (Å²) in [5.74, 6) is 0.199. The van der Waals surface area contributed by atoms with Crippen molar-refractivity contribution in [2.45, 2.75) is 64.7 Å². The number of piperidine rings is 1. The van der Waals surface area contributed by atoms with Crippen molar-refractivity contribution in [1.82, 2.24) is 4.90 Å². The summed E-state index contributed by atoms with van der Waals surface area (Å²) in [6.07, 6.45) is 9.55. The van der Waals surface area contributed by atoms with Crippen LogP contribution in [0, 0.1) is 11.3 Å². The number of hydrogen-bond donors (Lipinski definition) is 1. The van der Waals surface area contributed by atoms with E-state index in [1.54, 1.807) is 11.8 Å². The summed E-state index contributed by atoms with van der Waals surface area (Å²) in [5, 5.41) is 9.28. The molecule has 2 aliphatic rings. The van der Waals surface area contributed by atoms with E-state index in [1.807, 2.05) is 0 Å². The quantitative estimate of drug-likeness (QED) is 0.842. The first kappa shape index (κ1) is 15.3. The molecule has 1 aliphatic heterocycles. The first-order valence-corrected chi connectivity index (χ1v) is 8.02. The van der Waals surface area contributed by atoms with Gasteiger partial charge in [0.1, 0.15) is 0 Å². The maximum absolute atomic E-state index is 12.2. The number of aliphatic carboxylic acids is 1. The van der Waals surface area contributed by atoms with Crippen LogP contribution in [0.25, 0.3) is 0 Å². The van der Waals surface area contributed by atoms with Crippen LogP contribution >= 0.6 is 0 Å². The van der Waals surface area contributed by atoms with Gasteiger partial charge in [0.05, 0.1) is 5.41 Å². The number of hydrogen-bond acceptors (Lipinski definition) is 2. The molecule has 0 aromatic heterocycles. The van der Waals surface area contributed by atoms with E-state index in [2.05, 4.69) is 0 Å². The fourth-order valence-corrected chi connectivity index (χ4v) is 3.63. The van der Waals surface area contributed by atoms with Gasteiger partial charge in [0.25, 0.3) is 0 Å². The minimum absolute atomic E-state index is 0.148. The van der Waals surface area contributed by atoms with Gasteiger partial charge >= 0.3 is 5.97 Å². The predicted molar refractivity (Wildman–Crippen MR) is 77.4 cm³/mol. The van der Waals surface area contributed by atoms with E-state index in [0.29, 0.717) is 19.4 Å². The van der Waals surface area contributed by atoms with Crippen LogP contribution in [0.5, 0.6) is 0 Å². The van der Waals surface area contributed by atoms with Crippen LogP contribution in [0.2, 0.25) is 0 Å². The van der Waals surface area contributed by atoms with Gasteiger partial charge in [-0.2, -0.15) is 0 Å². The highest BCUT2D eigenvalue weighted by molar-refractivity contribution is 5.79. The van der Waals surface area contributed by atoms with E-state index in [0.717, 1.165) is 31.7 Å². The van der Waals surface area contributed by atoms with Crippen LogP contribution < -0.4 is 0 Å². The Bertz CT molecular complexity index is 363. The maximum atomic E-state index is 12.2. The second kappa shape index (κ2) is 6.59. The van der Waals surface area contributed by atoms with Gasteiger partial charge in [0.2, 0.25) is 5.91 Å². The third kappa shape index (κ3) is 3.74. The summed E-state index contributed by atoms with van der Waals surface area (Å²) >= 11 is 0. The van der Waals surface area contributed by atoms with Gasteiger partial charge in [0.15, 0.2) is 0 Å². The molecule has 4 nitrogen and oxygen atoms in total. The monoisotopic (exact) mass is 281 g/mol. The predicted octanol–water partition coefficient (Wildman–Crippen LogP) is 3.06. The van der Waals surface area contributed by atoms with Crippen LogP contribution in [0.1, 0.15) is 64.7 Å². The first-order chi connectivity index (χ1) is 9.51. The van der Waals surface area contributed by atoms with Crippen molar-refractivity contribution in [3.63, 3.8) is 0 Å². The van der Waals surface area contributed by atoms with Crippen LogP contribution in [-0.4, -0.2) is 35.0 Å². The Morgan fingerprint density at radius 2 is 1.95 bits per heavy atom. The Hall–Kier alpha value is -1.06. The number of nitrogens with zero attached hydrogens (tertiary/aromatic N) is 1. The zero-order chi connectivity index (χ0) is 14.6. The van der Waals surface area contributed by atoms with Gasteiger partial charge in [0, 0.05) is 19.5 Å². The van der Waals surface area contributed by atoms with Gasteiger partial charge in [-0.25, -0.2) is 0 Å². The Labute approximate surface area is 121 Å². The second-order valence-electron chi connectivity index (χ2n) is 6.83. The molecule has 1 aliphatic carbocycles. The second-order valence-corrected chi connectivity index (χ2v) is 6.83. The van der Waals surface area contributed by atoms with Crippen molar-refractivity contribution in [1.29, 1.82) is 0 Å². The molecule has 0 aromatic rings. The smallest absolute Gasteiger partial charge is 0.311 e. The molecule has 1 saturated carbocycles. The molecular formula is C16H27NO3. The molecule has 0 aromatic carbocycles. The summed E-state index contributed by atoms with van der Waals surface area (Å²) in [6, 6.07) is 0. The van der Waals surface area contributed by atoms with Crippen molar-refractivity contribution in [2.75, 3.05) is 13.1 Å². The number of amides is 1. The summed E-state index contributed by atoms with van der Waals surface area (Å²) in [5.41, 5.74) is -0.751. The Balaban J connectivity index is 1.75. The Kier molecular flexibility index (Phi) is 5.06. The molecule has 0 spiro atoms. The fourth-order valence-electron chi connectivity index (χ4n) is 3.63. The molecule has 2 fully saturated rings. The molecule has 0 bridgehead atoms. The first-order valence-electron chi connectivity index (χ1n) is 8.02. The molecule has 114 valence electrons. The molecule has 2 rings (SSSR count). The molecule has 1 atom stereocenters. The topological polar surface area (TPSA) is 57.6 Å². The van der Waals surface area contributed by atoms with E-state index < -0.39 is 11.4 Å². The van der Waals surface area contributed by atoms with Crippen LogP contribution in [0.4, 0.5) is 0 Å². The fraction of sp³-hybridized carbons (Fsp3) is 0.875. The molecular weight excluding hydrogens is 254 g/mol. The standard InChI is InChI=1S/C16H27NO3/c1-16(15(19)20)10-5-11-17(12-16)14(18)9-4-8-13-6-2-3-7-13/h13H,2-12H2,1H3,(H,19,20). The largest absolute Gasteiger partial charge is 0.481 e. The molecule has 1 unspecified atom stereocenters. The minimum Gasteiger partial charge on any atom is -0.481 e. The van der Waals surface area contributed by atoms with Crippen molar-refractivity contribution < 1.29 is 14.7 Å². The molecule has 4 heteroatoms. The van der Waals surface area contributed by atoms with Gasteiger partial charge in [-0.3, -0.25) is 9.59 Å². The van der Waals surface area contributed by atoms with Crippen LogP contribution in [0.3, 0.4) is 0 Å². The van der Waals surface area contributed by atoms with Gasteiger partial charge in [-0.05, 0) is 38.5 Å². The van der Waals surface area contributed by atoms with Crippen LogP contribution in [0.15, 0.2) is 0 Å². The van der Waals surface area contributed by atoms with E-state index >= 15 is 0 Å². The van der Waals surface area contributed by atoms with Crippen molar-refractivity contribution in [3.05, 3.63) is 0 Å². The normalized spacial score (nSPS) is 27.8. The highest BCUT2D eigenvalue weighted by atomic mass is 16.4.